The largest absolute Gasteiger partial charge is 0.396 e. The van der Waals surface area contributed by atoms with Gasteiger partial charge in [0.05, 0.1) is 0 Å². The molecule has 2 atom stereocenters. The van der Waals surface area contributed by atoms with Crippen LogP contribution >= 0.6 is 0 Å². The topological polar surface area (TPSA) is 78.6 Å². The molecule has 1 rings (SSSR count). The van der Waals surface area contributed by atoms with E-state index < -0.39 is 0 Å². The fourth-order valence-corrected chi connectivity index (χ4v) is 2.70. The summed E-state index contributed by atoms with van der Waals surface area (Å²) in [5, 5.41) is 12.5. The number of nitrogens with two attached hydrogens (primary N) is 1. The Balaban J connectivity index is 2.42. The number of piperidine rings is 1. The van der Waals surface area contributed by atoms with E-state index in [1.165, 1.54) is 0 Å². The van der Waals surface area contributed by atoms with E-state index in [9.17, 15) is 4.79 Å². The Labute approximate surface area is 116 Å². The van der Waals surface area contributed by atoms with Gasteiger partial charge >= 0.3 is 6.03 Å². The molecule has 0 bridgehead atoms. The highest BCUT2D eigenvalue weighted by Gasteiger charge is 2.28. The normalized spacial score (nSPS) is 23.9. The van der Waals surface area contributed by atoms with Gasteiger partial charge in [-0.05, 0) is 44.1 Å². The number of carbonyl (C=O) groups is 1. The lowest BCUT2D eigenvalue weighted by atomic mass is 9.90. The zero-order chi connectivity index (χ0) is 14.3. The van der Waals surface area contributed by atoms with Crippen molar-refractivity contribution >= 4 is 6.03 Å². The fraction of sp³-hybridized carbons (Fsp3) is 0.929. The third kappa shape index (κ3) is 6.25. The smallest absolute Gasteiger partial charge is 0.314 e. The van der Waals surface area contributed by atoms with Crippen molar-refractivity contribution in [3.05, 3.63) is 0 Å². The quantitative estimate of drug-likeness (QED) is 0.650. The molecule has 1 aliphatic rings. The van der Waals surface area contributed by atoms with Gasteiger partial charge in [-0.3, -0.25) is 0 Å². The molecule has 5 nitrogen and oxygen atoms in total. The Morgan fingerprint density at radius 2 is 2.21 bits per heavy atom. The van der Waals surface area contributed by atoms with E-state index >= 15 is 0 Å². The van der Waals surface area contributed by atoms with Crippen LogP contribution in [0.2, 0.25) is 0 Å². The van der Waals surface area contributed by atoms with Crippen LogP contribution in [0.4, 0.5) is 4.79 Å². The maximum Gasteiger partial charge on any atom is 0.314 e. The van der Waals surface area contributed by atoms with Gasteiger partial charge in [-0.15, -0.1) is 0 Å². The van der Waals surface area contributed by atoms with E-state index in [0.717, 1.165) is 38.8 Å². The molecule has 4 N–H and O–H groups in total. The van der Waals surface area contributed by atoms with Crippen LogP contribution in [-0.2, 0) is 0 Å². The first-order valence-corrected chi connectivity index (χ1v) is 7.41. The third-order valence-corrected chi connectivity index (χ3v) is 3.77. The highest BCUT2D eigenvalue weighted by molar-refractivity contribution is 5.72. The lowest BCUT2D eigenvalue weighted by Crippen LogP contribution is -2.53. The number of nitrogens with zero attached hydrogens (tertiary/aromatic N) is 1. The molecule has 0 saturated carbocycles. The van der Waals surface area contributed by atoms with Gasteiger partial charge < -0.3 is 21.1 Å². The molecule has 2 amide bonds. The summed E-state index contributed by atoms with van der Waals surface area (Å²) in [6.07, 6.45) is 3.98. The molecule has 5 heteroatoms. The van der Waals surface area contributed by atoms with Gasteiger partial charge in [0.15, 0.2) is 0 Å². The molecular weight excluding hydrogens is 242 g/mol. The number of urea groups is 1. The van der Waals surface area contributed by atoms with E-state index in [4.69, 9.17) is 10.8 Å². The predicted octanol–water partition coefficient (Wildman–Crippen LogP) is 1.16. The number of likely N-dealkylation sites (tertiary alicyclic amines) is 1. The van der Waals surface area contributed by atoms with Crippen LogP contribution in [0.25, 0.3) is 0 Å². The second kappa shape index (κ2) is 8.38. The molecule has 1 fully saturated rings. The number of rotatable bonds is 7. The fourth-order valence-electron chi connectivity index (χ4n) is 2.70. The Bertz CT molecular complexity index is 271. The van der Waals surface area contributed by atoms with Gasteiger partial charge in [-0.1, -0.05) is 13.8 Å². The van der Waals surface area contributed by atoms with E-state index in [-0.39, 0.29) is 12.6 Å². The molecule has 0 radical (unpaired) electrons. The van der Waals surface area contributed by atoms with Crippen molar-refractivity contribution in [2.75, 3.05) is 26.2 Å². The van der Waals surface area contributed by atoms with Crippen LogP contribution in [0.1, 0.15) is 39.5 Å². The minimum atomic E-state index is -0.329. The van der Waals surface area contributed by atoms with Crippen molar-refractivity contribution in [1.29, 1.82) is 0 Å². The van der Waals surface area contributed by atoms with Crippen molar-refractivity contribution in [2.45, 2.75) is 45.6 Å². The highest BCUT2D eigenvalue weighted by atomic mass is 16.2. The number of amides is 2. The third-order valence-electron chi connectivity index (χ3n) is 3.77. The maximum absolute atomic E-state index is 11.4. The van der Waals surface area contributed by atoms with Crippen LogP contribution in [0.3, 0.4) is 0 Å². The number of hydrogen-bond acceptors (Lipinski definition) is 3. The van der Waals surface area contributed by atoms with E-state index in [0.29, 0.717) is 24.4 Å². The number of nitrogens with one attached hydrogen (secondary N) is 1. The summed E-state index contributed by atoms with van der Waals surface area (Å²) >= 11 is 0. The molecule has 2 unspecified atom stereocenters. The molecule has 1 saturated heterocycles. The van der Waals surface area contributed by atoms with Gasteiger partial charge in [0, 0.05) is 25.7 Å². The molecule has 0 aliphatic carbocycles. The van der Waals surface area contributed by atoms with Gasteiger partial charge in [-0.2, -0.15) is 0 Å². The molecule has 112 valence electrons. The average molecular weight is 271 g/mol. The van der Waals surface area contributed by atoms with E-state index in [1.807, 2.05) is 0 Å². The van der Waals surface area contributed by atoms with Crippen LogP contribution in [-0.4, -0.2) is 48.3 Å². The van der Waals surface area contributed by atoms with Crippen LogP contribution in [0, 0.1) is 11.8 Å². The maximum atomic E-state index is 11.4. The summed E-state index contributed by atoms with van der Waals surface area (Å²) in [7, 11) is 0. The SMILES string of the molecule is CC(C)CCNC1CC(CCCO)CN(C(N)=O)C1. The molecule has 0 aromatic heterocycles. The number of carbonyl (C=O) groups excluding carboxylic acids is 1. The summed E-state index contributed by atoms with van der Waals surface area (Å²) in [5.74, 6) is 1.14. The molecule has 1 heterocycles. The van der Waals surface area contributed by atoms with Crippen molar-refractivity contribution in [3.63, 3.8) is 0 Å². The summed E-state index contributed by atoms with van der Waals surface area (Å²) in [6.45, 7) is 7.07. The lowest BCUT2D eigenvalue weighted by Gasteiger charge is -2.37. The molecule has 0 aromatic carbocycles. The Kier molecular flexibility index (Phi) is 7.16. The van der Waals surface area contributed by atoms with E-state index in [1.54, 1.807) is 4.90 Å². The minimum absolute atomic E-state index is 0.221. The molecular formula is C14H29N3O2. The second-order valence-corrected chi connectivity index (χ2v) is 6.04. The standard InChI is InChI=1S/C14H29N3O2/c1-11(2)5-6-16-13-8-12(4-3-7-18)9-17(10-13)14(15)19/h11-13,16,18H,3-10H2,1-2H3,(H2,15,19). The average Bonchev–Trinajstić information content (AvgIpc) is 2.35. The van der Waals surface area contributed by atoms with Crippen molar-refractivity contribution in [2.24, 2.45) is 17.6 Å². The molecule has 0 spiro atoms. The molecule has 19 heavy (non-hydrogen) atoms. The van der Waals surface area contributed by atoms with Gasteiger partial charge in [0.2, 0.25) is 0 Å². The zero-order valence-electron chi connectivity index (χ0n) is 12.3. The summed E-state index contributed by atoms with van der Waals surface area (Å²) in [5.41, 5.74) is 5.41. The number of aliphatic hydroxyl groups excluding tert-OH is 1. The Hall–Kier alpha value is -0.810. The molecule has 1 aliphatic heterocycles. The van der Waals surface area contributed by atoms with Gasteiger partial charge in [0.25, 0.3) is 0 Å². The first-order valence-electron chi connectivity index (χ1n) is 7.41. The highest BCUT2D eigenvalue weighted by Crippen LogP contribution is 2.21. The second-order valence-electron chi connectivity index (χ2n) is 6.04. The van der Waals surface area contributed by atoms with Crippen LogP contribution in [0.5, 0.6) is 0 Å². The summed E-state index contributed by atoms with van der Waals surface area (Å²) in [4.78, 5) is 13.1. The predicted molar refractivity (Wildman–Crippen MR) is 76.8 cm³/mol. The minimum Gasteiger partial charge on any atom is -0.396 e. The monoisotopic (exact) mass is 271 g/mol. The Morgan fingerprint density at radius 3 is 2.79 bits per heavy atom. The van der Waals surface area contributed by atoms with Gasteiger partial charge in [-0.25, -0.2) is 4.79 Å². The number of aliphatic hydroxyl groups is 1. The van der Waals surface area contributed by atoms with Gasteiger partial charge in [0.1, 0.15) is 0 Å². The summed E-state index contributed by atoms with van der Waals surface area (Å²) in [6, 6.07) is 0.00745. The lowest BCUT2D eigenvalue weighted by molar-refractivity contribution is 0.143. The summed E-state index contributed by atoms with van der Waals surface area (Å²) < 4.78 is 0. The Morgan fingerprint density at radius 1 is 1.47 bits per heavy atom. The number of primary amides is 1. The van der Waals surface area contributed by atoms with E-state index in [2.05, 4.69) is 19.2 Å². The number of hydrogen-bond donors (Lipinski definition) is 3. The first-order chi connectivity index (χ1) is 9.02. The van der Waals surface area contributed by atoms with Crippen LogP contribution in [0.15, 0.2) is 0 Å². The zero-order valence-corrected chi connectivity index (χ0v) is 12.3. The van der Waals surface area contributed by atoms with Crippen molar-refractivity contribution in [1.82, 2.24) is 10.2 Å². The van der Waals surface area contributed by atoms with Crippen molar-refractivity contribution < 1.29 is 9.90 Å². The first kappa shape index (κ1) is 16.2. The molecule has 0 aromatic rings. The van der Waals surface area contributed by atoms with Crippen molar-refractivity contribution in [3.8, 4) is 0 Å². The van der Waals surface area contributed by atoms with Crippen LogP contribution < -0.4 is 11.1 Å².